The Morgan fingerprint density at radius 1 is 1.12 bits per heavy atom. The van der Waals surface area contributed by atoms with E-state index in [-0.39, 0.29) is 5.70 Å². The van der Waals surface area contributed by atoms with Gasteiger partial charge in [0, 0.05) is 49.7 Å². The predicted molar refractivity (Wildman–Crippen MR) is 124 cm³/mol. The first-order chi connectivity index (χ1) is 16.6. The van der Waals surface area contributed by atoms with E-state index in [2.05, 4.69) is 14.9 Å². The van der Waals surface area contributed by atoms with Crippen molar-refractivity contribution in [2.45, 2.75) is 19.6 Å². The highest BCUT2D eigenvalue weighted by molar-refractivity contribution is 5.98. The molecule has 0 radical (unpaired) electrons. The minimum Gasteiger partial charge on any atom is -0.471 e. The number of fused-ring (bicyclic) bond motifs is 1. The van der Waals surface area contributed by atoms with Crippen molar-refractivity contribution in [3.8, 4) is 0 Å². The number of ether oxygens (including phenoxy) is 2. The maximum absolute atomic E-state index is 12.4. The number of aromatic nitrogens is 3. The van der Waals surface area contributed by atoms with Gasteiger partial charge in [0.25, 0.3) is 11.9 Å². The number of nitrogens with zero attached hydrogens (tertiary/aromatic N) is 6. The van der Waals surface area contributed by atoms with E-state index < -0.39 is 12.1 Å². The van der Waals surface area contributed by atoms with Gasteiger partial charge < -0.3 is 29.4 Å². The standard InChI is InChI=1S/C23H25N7O4/c1-14-11-15(3-4-25-14)22-30(17(13-33-22)19(24)31)16-12-18-20(26-21(16)28-5-2-6-28)27-23(34-18)29-7-9-32-10-8-29/h3-4,11-13,22H,2,5-10H2,1H3,(H2,24,31). The molecule has 2 N–H and O–H groups in total. The summed E-state index contributed by atoms with van der Waals surface area (Å²) in [5, 5.41) is 0. The minimum absolute atomic E-state index is 0.246. The smallest absolute Gasteiger partial charge is 0.300 e. The molecule has 0 spiro atoms. The summed E-state index contributed by atoms with van der Waals surface area (Å²) in [6.45, 7) is 6.30. The summed E-state index contributed by atoms with van der Waals surface area (Å²) in [7, 11) is 0. The molecule has 2 fully saturated rings. The number of morpholine rings is 1. The Balaban J connectivity index is 1.48. The topological polar surface area (TPSA) is 123 Å². The molecule has 6 heterocycles. The van der Waals surface area contributed by atoms with Crippen molar-refractivity contribution in [3.05, 3.63) is 47.6 Å². The normalized spacial score (nSPS) is 20.3. The Kier molecular flexibility index (Phi) is 4.98. The van der Waals surface area contributed by atoms with Crippen molar-refractivity contribution in [1.29, 1.82) is 0 Å². The second-order valence-electron chi connectivity index (χ2n) is 8.55. The molecule has 3 aromatic rings. The van der Waals surface area contributed by atoms with Crippen LogP contribution in [0.4, 0.5) is 17.5 Å². The maximum atomic E-state index is 12.4. The fourth-order valence-corrected chi connectivity index (χ4v) is 4.42. The molecule has 34 heavy (non-hydrogen) atoms. The zero-order valence-corrected chi connectivity index (χ0v) is 18.8. The van der Waals surface area contributed by atoms with Crippen LogP contribution >= 0.6 is 0 Å². The van der Waals surface area contributed by atoms with Gasteiger partial charge in [0.05, 0.1) is 18.9 Å². The highest BCUT2D eigenvalue weighted by Crippen LogP contribution is 2.43. The molecule has 11 nitrogen and oxygen atoms in total. The quantitative estimate of drug-likeness (QED) is 0.599. The van der Waals surface area contributed by atoms with Gasteiger partial charge in [-0.25, -0.2) is 4.98 Å². The Labute approximate surface area is 195 Å². The molecule has 2 saturated heterocycles. The summed E-state index contributed by atoms with van der Waals surface area (Å²) in [4.78, 5) is 32.2. The van der Waals surface area contributed by atoms with Gasteiger partial charge in [-0.05, 0) is 25.5 Å². The largest absolute Gasteiger partial charge is 0.471 e. The first-order valence-electron chi connectivity index (χ1n) is 11.3. The third-order valence-corrected chi connectivity index (χ3v) is 6.29. The van der Waals surface area contributed by atoms with E-state index in [9.17, 15) is 4.79 Å². The van der Waals surface area contributed by atoms with Crippen LogP contribution in [0.25, 0.3) is 11.2 Å². The van der Waals surface area contributed by atoms with Crippen molar-refractivity contribution in [3.63, 3.8) is 0 Å². The van der Waals surface area contributed by atoms with Gasteiger partial charge in [-0.1, -0.05) is 0 Å². The lowest BCUT2D eigenvalue weighted by atomic mass is 10.1. The molecule has 6 rings (SSSR count). The molecule has 0 aromatic carbocycles. The van der Waals surface area contributed by atoms with Crippen LogP contribution in [0, 0.1) is 6.92 Å². The van der Waals surface area contributed by atoms with Crippen LogP contribution in [0.5, 0.6) is 0 Å². The van der Waals surface area contributed by atoms with Crippen LogP contribution in [0.1, 0.15) is 23.9 Å². The van der Waals surface area contributed by atoms with Crippen LogP contribution in [0.15, 0.2) is 40.8 Å². The van der Waals surface area contributed by atoms with Crippen molar-refractivity contribution in [2.24, 2.45) is 5.73 Å². The van der Waals surface area contributed by atoms with Crippen LogP contribution < -0.4 is 20.4 Å². The van der Waals surface area contributed by atoms with Crippen molar-refractivity contribution < 1.29 is 18.7 Å². The molecule has 0 bridgehead atoms. The average molecular weight is 463 g/mol. The second kappa shape index (κ2) is 8.17. The highest BCUT2D eigenvalue weighted by atomic mass is 16.5. The number of pyridine rings is 2. The lowest BCUT2D eigenvalue weighted by molar-refractivity contribution is -0.114. The summed E-state index contributed by atoms with van der Waals surface area (Å²) in [6, 6.07) is 6.18. The van der Waals surface area contributed by atoms with Crippen LogP contribution in [-0.4, -0.2) is 60.3 Å². The summed E-state index contributed by atoms with van der Waals surface area (Å²) in [5.74, 6) is 0.128. The molecule has 1 atom stereocenters. The number of carbonyl (C=O) groups is 1. The van der Waals surface area contributed by atoms with E-state index in [4.69, 9.17) is 24.6 Å². The van der Waals surface area contributed by atoms with E-state index in [1.807, 2.05) is 30.0 Å². The van der Waals surface area contributed by atoms with Crippen molar-refractivity contribution in [2.75, 3.05) is 54.1 Å². The number of primary amides is 1. The van der Waals surface area contributed by atoms with Gasteiger partial charge >= 0.3 is 0 Å². The summed E-state index contributed by atoms with van der Waals surface area (Å²) in [5.41, 5.74) is 9.42. The lowest BCUT2D eigenvalue weighted by Crippen LogP contribution is -2.40. The minimum atomic E-state index is -0.592. The molecular weight excluding hydrogens is 438 g/mol. The third-order valence-electron chi connectivity index (χ3n) is 6.29. The number of anilines is 3. The Morgan fingerprint density at radius 2 is 1.94 bits per heavy atom. The van der Waals surface area contributed by atoms with Gasteiger partial charge in [0.15, 0.2) is 11.4 Å². The summed E-state index contributed by atoms with van der Waals surface area (Å²) >= 11 is 0. The zero-order chi connectivity index (χ0) is 23.2. The zero-order valence-electron chi connectivity index (χ0n) is 18.8. The van der Waals surface area contributed by atoms with Gasteiger partial charge in [0.1, 0.15) is 12.0 Å². The molecule has 3 aliphatic heterocycles. The molecule has 0 saturated carbocycles. The molecule has 176 valence electrons. The number of hydrogen-bond acceptors (Lipinski definition) is 10. The molecule has 0 aliphatic carbocycles. The molecular formula is C23H25N7O4. The Morgan fingerprint density at radius 3 is 2.65 bits per heavy atom. The maximum Gasteiger partial charge on any atom is 0.300 e. The predicted octanol–water partition coefficient (Wildman–Crippen LogP) is 1.84. The monoisotopic (exact) mass is 463 g/mol. The number of nitrogens with two attached hydrogens (primary N) is 1. The van der Waals surface area contributed by atoms with Crippen LogP contribution in [0.2, 0.25) is 0 Å². The molecule has 3 aromatic heterocycles. The Bertz CT molecular complexity index is 1280. The van der Waals surface area contributed by atoms with Gasteiger partial charge in [0.2, 0.25) is 11.9 Å². The van der Waals surface area contributed by atoms with E-state index in [1.54, 1.807) is 11.1 Å². The van der Waals surface area contributed by atoms with E-state index in [0.717, 1.165) is 30.8 Å². The second-order valence-corrected chi connectivity index (χ2v) is 8.55. The van der Waals surface area contributed by atoms with E-state index >= 15 is 0 Å². The number of rotatable bonds is 5. The molecule has 3 aliphatic rings. The third kappa shape index (κ3) is 3.48. The van der Waals surface area contributed by atoms with Crippen LogP contribution in [0.3, 0.4) is 0 Å². The first-order valence-corrected chi connectivity index (χ1v) is 11.3. The number of amides is 1. The SMILES string of the molecule is Cc1cc(C2OC=C(C(N)=O)N2c2cc3oc(N4CCOCC4)nc3nc2N2CCC2)ccn1. The molecule has 11 heteroatoms. The molecule has 1 amide bonds. The van der Waals surface area contributed by atoms with Crippen molar-refractivity contribution in [1.82, 2.24) is 15.0 Å². The summed E-state index contributed by atoms with van der Waals surface area (Å²) < 4.78 is 17.5. The number of hydrogen-bond donors (Lipinski definition) is 1. The first kappa shape index (κ1) is 20.7. The lowest BCUT2D eigenvalue weighted by Gasteiger charge is -2.36. The van der Waals surface area contributed by atoms with E-state index in [1.165, 1.54) is 6.26 Å². The average Bonchev–Trinajstić information content (AvgIpc) is 3.42. The number of aryl methyl sites for hydroxylation is 1. The fraction of sp³-hybridized carbons (Fsp3) is 0.391. The summed E-state index contributed by atoms with van der Waals surface area (Å²) in [6.07, 6.45) is 3.60. The van der Waals surface area contributed by atoms with Crippen LogP contribution in [-0.2, 0) is 14.3 Å². The van der Waals surface area contributed by atoms with Gasteiger partial charge in [-0.15, -0.1) is 0 Å². The van der Waals surface area contributed by atoms with Gasteiger partial charge in [-0.3, -0.25) is 14.7 Å². The Hall–Kier alpha value is -3.86. The van der Waals surface area contributed by atoms with Crippen molar-refractivity contribution >= 4 is 34.7 Å². The number of oxazole rings is 1. The molecule has 1 unspecified atom stereocenters. The fourth-order valence-electron chi connectivity index (χ4n) is 4.42. The highest BCUT2D eigenvalue weighted by Gasteiger charge is 2.37. The number of carbonyl (C=O) groups excluding carboxylic acids is 1. The van der Waals surface area contributed by atoms with Gasteiger partial charge in [-0.2, -0.15) is 4.98 Å². The van der Waals surface area contributed by atoms with E-state index in [0.29, 0.717) is 55.1 Å².